The number of hydrogen-bond acceptors (Lipinski definition) is 3. The molecule has 5 heteroatoms. The van der Waals surface area contributed by atoms with Crippen molar-refractivity contribution < 1.29 is 13.9 Å². The molecule has 0 fully saturated rings. The molecule has 13 heavy (non-hydrogen) atoms. The van der Waals surface area contributed by atoms with Crippen molar-refractivity contribution >= 4 is 21.9 Å². The summed E-state index contributed by atoms with van der Waals surface area (Å²) in [7, 11) is 0. The van der Waals surface area contributed by atoms with Crippen LogP contribution in [0.3, 0.4) is 0 Å². The van der Waals surface area contributed by atoms with Crippen molar-refractivity contribution in [3.8, 4) is 0 Å². The highest BCUT2D eigenvalue weighted by atomic mass is 79.9. The Morgan fingerprint density at radius 3 is 3.08 bits per heavy atom. The van der Waals surface area contributed by atoms with Crippen LogP contribution in [0.1, 0.15) is 17.3 Å². The molecule has 0 aliphatic heterocycles. The van der Waals surface area contributed by atoms with E-state index in [1.54, 1.807) is 6.92 Å². The van der Waals surface area contributed by atoms with Crippen LogP contribution in [0.5, 0.6) is 0 Å². The highest BCUT2D eigenvalue weighted by molar-refractivity contribution is 9.10. The summed E-state index contributed by atoms with van der Waals surface area (Å²) in [5, 5.41) is 0. The van der Waals surface area contributed by atoms with Crippen LogP contribution in [0.15, 0.2) is 16.7 Å². The highest BCUT2D eigenvalue weighted by Crippen LogP contribution is 2.16. The molecule has 0 saturated heterocycles. The van der Waals surface area contributed by atoms with Gasteiger partial charge in [0.05, 0.1) is 16.6 Å². The van der Waals surface area contributed by atoms with E-state index in [0.29, 0.717) is 4.47 Å². The third-order valence-corrected chi connectivity index (χ3v) is 1.95. The Kier molecular flexibility index (Phi) is 3.36. The Morgan fingerprint density at radius 1 is 1.77 bits per heavy atom. The molecular weight excluding hydrogens is 241 g/mol. The van der Waals surface area contributed by atoms with Gasteiger partial charge in [0.2, 0.25) is 5.95 Å². The van der Waals surface area contributed by atoms with Gasteiger partial charge in [-0.2, -0.15) is 4.39 Å². The monoisotopic (exact) mass is 247 g/mol. The lowest BCUT2D eigenvalue weighted by molar-refractivity contribution is 0.0524. The second kappa shape index (κ2) is 4.32. The predicted molar refractivity (Wildman–Crippen MR) is 47.9 cm³/mol. The van der Waals surface area contributed by atoms with Crippen LogP contribution >= 0.6 is 15.9 Å². The zero-order valence-corrected chi connectivity index (χ0v) is 8.47. The van der Waals surface area contributed by atoms with Gasteiger partial charge in [-0.05, 0) is 22.9 Å². The lowest BCUT2D eigenvalue weighted by atomic mass is 10.3. The molecule has 1 aromatic heterocycles. The summed E-state index contributed by atoms with van der Waals surface area (Å²) < 4.78 is 17.7. The molecule has 0 aromatic carbocycles. The van der Waals surface area contributed by atoms with Gasteiger partial charge < -0.3 is 4.74 Å². The first-order valence-electron chi connectivity index (χ1n) is 3.63. The largest absolute Gasteiger partial charge is 0.462 e. The zero-order chi connectivity index (χ0) is 9.84. The van der Waals surface area contributed by atoms with Gasteiger partial charge in [-0.3, -0.25) is 0 Å². The van der Waals surface area contributed by atoms with Crippen LogP contribution in [0, 0.1) is 5.95 Å². The summed E-state index contributed by atoms with van der Waals surface area (Å²) in [6, 6.07) is 1.03. The summed E-state index contributed by atoms with van der Waals surface area (Å²) in [5.41, 5.74) is 0.148. The van der Waals surface area contributed by atoms with E-state index in [-0.39, 0.29) is 12.2 Å². The van der Waals surface area contributed by atoms with Gasteiger partial charge >= 0.3 is 5.97 Å². The van der Waals surface area contributed by atoms with Crippen molar-refractivity contribution in [3.05, 3.63) is 28.2 Å². The van der Waals surface area contributed by atoms with Gasteiger partial charge in [0.25, 0.3) is 0 Å². The van der Waals surface area contributed by atoms with Gasteiger partial charge in [-0.15, -0.1) is 0 Å². The average Bonchev–Trinajstić information content (AvgIpc) is 2.09. The van der Waals surface area contributed by atoms with E-state index in [1.165, 1.54) is 6.20 Å². The second-order valence-corrected chi connectivity index (χ2v) is 3.06. The molecule has 0 aliphatic carbocycles. The van der Waals surface area contributed by atoms with Crippen molar-refractivity contribution in [2.75, 3.05) is 6.61 Å². The number of hydrogen-bond donors (Lipinski definition) is 0. The lowest BCUT2D eigenvalue weighted by Crippen LogP contribution is -2.06. The molecular formula is C8H7BrFNO2. The molecule has 0 bridgehead atoms. The third-order valence-electron chi connectivity index (χ3n) is 1.32. The normalized spacial score (nSPS) is 9.77. The standard InChI is InChI=1S/C8H7BrFNO2/c1-2-13-8(12)5-3-7(10)11-4-6(5)9/h3-4H,2H2,1H3. The van der Waals surface area contributed by atoms with Crippen LogP contribution in [0.25, 0.3) is 0 Å². The number of halogens is 2. The lowest BCUT2D eigenvalue weighted by Gasteiger charge is -2.02. The van der Waals surface area contributed by atoms with E-state index in [0.717, 1.165) is 6.07 Å². The number of ether oxygens (including phenoxy) is 1. The first-order chi connectivity index (χ1) is 6.15. The first-order valence-corrected chi connectivity index (χ1v) is 4.42. The van der Waals surface area contributed by atoms with Crippen molar-refractivity contribution in [2.24, 2.45) is 0 Å². The van der Waals surface area contributed by atoms with Gasteiger partial charge in [0, 0.05) is 12.3 Å². The number of pyridine rings is 1. The molecule has 0 saturated carbocycles. The molecule has 0 aliphatic rings. The topological polar surface area (TPSA) is 39.2 Å². The van der Waals surface area contributed by atoms with Crippen LogP contribution < -0.4 is 0 Å². The molecule has 0 unspecified atom stereocenters. The van der Waals surface area contributed by atoms with Gasteiger partial charge in [0.1, 0.15) is 0 Å². The number of nitrogens with zero attached hydrogens (tertiary/aromatic N) is 1. The molecule has 0 amide bonds. The van der Waals surface area contributed by atoms with Gasteiger partial charge in [-0.25, -0.2) is 9.78 Å². The van der Waals surface area contributed by atoms with E-state index in [2.05, 4.69) is 20.9 Å². The number of rotatable bonds is 2. The molecule has 1 rings (SSSR count). The van der Waals surface area contributed by atoms with Crippen molar-refractivity contribution in [2.45, 2.75) is 6.92 Å². The molecule has 0 spiro atoms. The molecule has 0 N–H and O–H groups in total. The second-order valence-electron chi connectivity index (χ2n) is 2.21. The third kappa shape index (κ3) is 2.48. The predicted octanol–water partition coefficient (Wildman–Crippen LogP) is 2.16. The molecule has 3 nitrogen and oxygen atoms in total. The number of aromatic nitrogens is 1. The SMILES string of the molecule is CCOC(=O)c1cc(F)ncc1Br. The van der Waals surface area contributed by atoms with Crippen LogP contribution in [0.2, 0.25) is 0 Å². The minimum atomic E-state index is -0.703. The molecule has 0 radical (unpaired) electrons. The fourth-order valence-electron chi connectivity index (χ4n) is 0.778. The number of esters is 1. The summed E-state index contributed by atoms with van der Waals surface area (Å²) in [6.07, 6.45) is 1.22. The maximum absolute atomic E-state index is 12.6. The fourth-order valence-corrected chi connectivity index (χ4v) is 1.16. The molecule has 70 valence electrons. The number of carbonyl (C=O) groups excluding carboxylic acids is 1. The maximum atomic E-state index is 12.6. The van der Waals surface area contributed by atoms with E-state index in [4.69, 9.17) is 4.74 Å². The summed E-state index contributed by atoms with van der Waals surface area (Å²) in [4.78, 5) is 14.5. The number of carbonyl (C=O) groups is 1. The highest BCUT2D eigenvalue weighted by Gasteiger charge is 2.12. The van der Waals surface area contributed by atoms with Gasteiger partial charge in [-0.1, -0.05) is 0 Å². The van der Waals surface area contributed by atoms with Crippen molar-refractivity contribution in [1.29, 1.82) is 0 Å². The summed E-state index contributed by atoms with van der Waals surface area (Å²) in [5.74, 6) is -1.26. The Morgan fingerprint density at radius 2 is 2.46 bits per heavy atom. The van der Waals surface area contributed by atoms with E-state index < -0.39 is 11.9 Å². The Bertz CT molecular complexity index is 330. The van der Waals surface area contributed by atoms with E-state index >= 15 is 0 Å². The smallest absolute Gasteiger partial charge is 0.339 e. The minimum absolute atomic E-state index is 0.148. The van der Waals surface area contributed by atoms with Crippen molar-refractivity contribution in [3.63, 3.8) is 0 Å². The molecule has 1 heterocycles. The van der Waals surface area contributed by atoms with Crippen LogP contribution in [-0.2, 0) is 4.74 Å². The quantitative estimate of drug-likeness (QED) is 0.594. The van der Waals surface area contributed by atoms with E-state index in [9.17, 15) is 9.18 Å². The molecule has 0 atom stereocenters. The van der Waals surface area contributed by atoms with Crippen LogP contribution in [-0.4, -0.2) is 17.6 Å². The minimum Gasteiger partial charge on any atom is -0.462 e. The average molecular weight is 248 g/mol. The Labute approximate surface area is 83.1 Å². The fraction of sp³-hybridized carbons (Fsp3) is 0.250. The zero-order valence-electron chi connectivity index (χ0n) is 6.88. The first kappa shape index (κ1) is 10.1. The Hall–Kier alpha value is -0.970. The maximum Gasteiger partial charge on any atom is 0.339 e. The Balaban J connectivity index is 2.99. The summed E-state index contributed by atoms with van der Waals surface area (Å²) >= 11 is 3.07. The van der Waals surface area contributed by atoms with Crippen LogP contribution in [0.4, 0.5) is 4.39 Å². The van der Waals surface area contributed by atoms with Crippen molar-refractivity contribution in [1.82, 2.24) is 4.98 Å². The summed E-state index contributed by atoms with van der Waals surface area (Å²) in [6.45, 7) is 1.94. The van der Waals surface area contributed by atoms with Gasteiger partial charge in [0.15, 0.2) is 0 Å². The van der Waals surface area contributed by atoms with E-state index in [1.807, 2.05) is 0 Å². The molecule has 1 aromatic rings.